The number of hydrogen-bond donors (Lipinski definition) is 2. The molecule has 0 spiro atoms. The van der Waals surface area contributed by atoms with Gasteiger partial charge in [0.2, 0.25) is 0 Å². The summed E-state index contributed by atoms with van der Waals surface area (Å²) < 4.78 is 45.9. The highest BCUT2D eigenvalue weighted by molar-refractivity contribution is 7.92. The molecule has 1 aromatic heterocycles. The molecule has 0 bridgehead atoms. The highest BCUT2D eigenvalue weighted by Gasteiger charge is 2.16. The molecule has 0 saturated carbocycles. The average molecular weight is 429 g/mol. The molecule has 2 aromatic carbocycles. The number of aryl methyl sites for hydroxylation is 1. The maximum Gasteiger partial charge on any atom is 0.261 e. The van der Waals surface area contributed by atoms with Gasteiger partial charge in [0.05, 0.1) is 4.90 Å². The van der Waals surface area contributed by atoms with E-state index in [1.165, 1.54) is 42.5 Å². The average Bonchev–Trinajstić information content (AvgIpc) is 2.73. The van der Waals surface area contributed by atoms with Gasteiger partial charge in [0, 0.05) is 24.6 Å². The number of pyridine rings is 1. The van der Waals surface area contributed by atoms with Gasteiger partial charge in [-0.2, -0.15) is 0 Å². The Hall–Kier alpha value is -3.46. The standard InChI is InChI=1S/C21H20FN3O4S/c1-15-12-19(30(27,28)25-18-4-2-17(22)3-5-18)6-7-20(15)29-14-21(26)24-13-16-8-10-23-11-9-16/h2-12,25H,13-14H2,1H3,(H,24,26). The molecule has 30 heavy (non-hydrogen) atoms. The van der Waals surface area contributed by atoms with Crippen molar-refractivity contribution in [1.29, 1.82) is 0 Å². The zero-order valence-corrected chi connectivity index (χ0v) is 16.9. The Balaban J connectivity index is 1.59. The van der Waals surface area contributed by atoms with E-state index in [0.29, 0.717) is 17.9 Å². The maximum absolute atomic E-state index is 13.0. The van der Waals surface area contributed by atoms with Gasteiger partial charge in [0.25, 0.3) is 15.9 Å². The molecule has 2 N–H and O–H groups in total. The SMILES string of the molecule is Cc1cc(S(=O)(=O)Nc2ccc(F)cc2)ccc1OCC(=O)NCc1ccncc1. The Morgan fingerprint density at radius 3 is 2.43 bits per heavy atom. The van der Waals surface area contributed by atoms with E-state index in [0.717, 1.165) is 5.56 Å². The summed E-state index contributed by atoms with van der Waals surface area (Å²) in [5.41, 5.74) is 1.72. The first-order valence-corrected chi connectivity index (χ1v) is 10.5. The molecule has 0 saturated heterocycles. The highest BCUT2D eigenvalue weighted by atomic mass is 32.2. The Morgan fingerprint density at radius 2 is 1.77 bits per heavy atom. The summed E-state index contributed by atoms with van der Waals surface area (Å²) in [6, 6.07) is 12.9. The fourth-order valence-corrected chi connectivity index (χ4v) is 3.72. The summed E-state index contributed by atoms with van der Waals surface area (Å²) in [6.07, 6.45) is 3.28. The molecule has 7 nitrogen and oxygen atoms in total. The highest BCUT2D eigenvalue weighted by Crippen LogP contribution is 2.23. The van der Waals surface area contributed by atoms with Crippen LogP contribution < -0.4 is 14.8 Å². The summed E-state index contributed by atoms with van der Waals surface area (Å²) >= 11 is 0. The second-order valence-electron chi connectivity index (χ2n) is 6.46. The van der Waals surface area contributed by atoms with Gasteiger partial charge < -0.3 is 10.1 Å². The fourth-order valence-electron chi connectivity index (χ4n) is 2.58. The molecule has 0 aliphatic carbocycles. The van der Waals surface area contributed by atoms with E-state index in [9.17, 15) is 17.6 Å². The minimum Gasteiger partial charge on any atom is -0.484 e. The van der Waals surface area contributed by atoms with Crippen LogP contribution in [0.1, 0.15) is 11.1 Å². The Morgan fingerprint density at radius 1 is 1.07 bits per heavy atom. The van der Waals surface area contributed by atoms with Crippen molar-refractivity contribution in [2.75, 3.05) is 11.3 Å². The molecule has 156 valence electrons. The van der Waals surface area contributed by atoms with Crippen molar-refractivity contribution in [2.24, 2.45) is 0 Å². The van der Waals surface area contributed by atoms with Crippen molar-refractivity contribution in [1.82, 2.24) is 10.3 Å². The smallest absolute Gasteiger partial charge is 0.261 e. The Kier molecular flexibility index (Phi) is 6.63. The van der Waals surface area contributed by atoms with Crippen molar-refractivity contribution >= 4 is 21.6 Å². The van der Waals surface area contributed by atoms with Gasteiger partial charge in [-0.15, -0.1) is 0 Å². The van der Waals surface area contributed by atoms with Crippen LogP contribution in [0.4, 0.5) is 10.1 Å². The molecule has 3 aromatic rings. The van der Waals surface area contributed by atoms with E-state index in [-0.39, 0.29) is 23.1 Å². The van der Waals surface area contributed by atoms with E-state index >= 15 is 0 Å². The molecule has 0 aliphatic rings. The van der Waals surface area contributed by atoms with Crippen LogP contribution >= 0.6 is 0 Å². The van der Waals surface area contributed by atoms with Crippen molar-refractivity contribution in [3.8, 4) is 5.75 Å². The van der Waals surface area contributed by atoms with Crippen LogP contribution in [0.2, 0.25) is 0 Å². The summed E-state index contributed by atoms with van der Waals surface area (Å²) in [5, 5.41) is 2.73. The lowest BCUT2D eigenvalue weighted by Crippen LogP contribution is -2.28. The molecule has 0 fully saturated rings. The number of anilines is 1. The molecule has 0 unspecified atom stereocenters. The summed E-state index contributed by atoms with van der Waals surface area (Å²) in [7, 11) is -3.85. The number of hydrogen-bond acceptors (Lipinski definition) is 5. The van der Waals surface area contributed by atoms with Crippen molar-refractivity contribution in [3.63, 3.8) is 0 Å². The number of nitrogens with one attached hydrogen (secondary N) is 2. The number of carbonyl (C=O) groups excluding carboxylic acids is 1. The Labute approximate surface area is 174 Å². The first-order chi connectivity index (χ1) is 14.3. The molecule has 9 heteroatoms. The monoisotopic (exact) mass is 429 g/mol. The number of sulfonamides is 1. The second-order valence-corrected chi connectivity index (χ2v) is 8.14. The van der Waals surface area contributed by atoms with Gasteiger partial charge in [-0.05, 0) is 72.6 Å². The maximum atomic E-state index is 13.0. The van der Waals surface area contributed by atoms with E-state index in [4.69, 9.17) is 4.74 Å². The normalized spacial score (nSPS) is 11.0. The third-order valence-corrected chi connectivity index (χ3v) is 5.53. The van der Waals surface area contributed by atoms with E-state index in [1.54, 1.807) is 31.5 Å². The first kappa shape index (κ1) is 21.3. The van der Waals surface area contributed by atoms with E-state index in [1.807, 2.05) is 0 Å². The number of rotatable bonds is 8. The predicted molar refractivity (Wildman–Crippen MR) is 110 cm³/mol. The van der Waals surface area contributed by atoms with Crippen LogP contribution in [-0.4, -0.2) is 25.9 Å². The topological polar surface area (TPSA) is 97.4 Å². The number of nitrogens with zero attached hydrogens (tertiary/aromatic N) is 1. The molecule has 3 rings (SSSR count). The number of ether oxygens (including phenoxy) is 1. The van der Waals surface area contributed by atoms with Crippen LogP contribution in [0, 0.1) is 12.7 Å². The van der Waals surface area contributed by atoms with Gasteiger partial charge in [0.15, 0.2) is 6.61 Å². The molecular weight excluding hydrogens is 409 g/mol. The van der Waals surface area contributed by atoms with Gasteiger partial charge >= 0.3 is 0 Å². The van der Waals surface area contributed by atoms with E-state index < -0.39 is 15.8 Å². The molecule has 0 radical (unpaired) electrons. The number of aromatic nitrogens is 1. The quantitative estimate of drug-likeness (QED) is 0.574. The van der Waals surface area contributed by atoms with Crippen LogP contribution in [0.25, 0.3) is 0 Å². The summed E-state index contributed by atoms with van der Waals surface area (Å²) in [6.45, 7) is 1.84. The lowest BCUT2D eigenvalue weighted by atomic mass is 10.2. The number of halogens is 1. The zero-order valence-electron chi connectivity index (χ0n) is 16.1. The van der Waals surface area contributed by atoms with Gasteiger partial charge in [0.1, 0.15) is 11.6 Å². The minimum atomic E-state index is -3.85. The van der Waals surface area contributed by atoms with Crippen molar-refractivity contribution < 1.29 is 22.3 Å². The van der Waals surface area contributed by atoms with Gasteiger partial charge in [-0.1, -0.05) is 0 Å². The number of amides is 1. The number of carbonyl (C=O) groups is 1. The summed E-state index contributed by atoms with van der Waals surface area (Å²) in [5.74, 6) is -0.365. The Bertz CT molecular complexity index is 1120. The van der Waals surface area contributed by atoms with Crippen molar-refractivity contribution in [3.05, 3.63) is 83.9 Å². The van der Waals surface area contributed by atoms with Crippen LogP contribution in [0.3, 0.4) is 0 Å². The van der Waals surface area contributed by atoms with Crippen LogP contribution in [0.5, 0.6) is 5.75 Å². The third kappa shape index (κ3) is 5.77. The fraction of sp³-hybridized carbons (Fsp3) is 0.143. The lowest BCUT2D eigenvalue weighted by molar-refractivity contribution is -0.123. The zero-order chi connectivity index (χ0) is 21.6. The van der Waals surface area contributed by atoms with Crippen molar-refractivity contribution in [2.45, 2.75) is 18.4 Å². The largest absolute Gasteiger partial charge is 0.484 e. The van der Waals surface area contributed by atoms with Crippen LogP contribution in [-0.2, 0) is 21.4 Å². The third-order valence-electron chi connectivity index (χ3n) is 4.15. The molecule has 1 heterocycles. The number of benzene rings is 2. The second kappa shape index (κ2) is 9.36. The first-order valence-electron chi connectivity index (χ1n) is 9.01. The lowest BCUT2D eigenvalue weighted by Gasteiger charge is -2.12. The predicted octanol–water partition coefficient (Wildman–Crippen LogP) is 3.03. The van der Waals surface area contributed by atoms with Crippen LogP contribution in [0.15, 0.2) is 71.9 Å². The van der Waals surface area contributed by atoms with Gasteiger partial charge in [-0.25, -0.2) is 12.8 Å². The molecule has 1 amide bonds. The summed E-state index contributed by atoms with van der Waals surface area (Å²) in [4.78, 5) is 15.9. The van der Waals surface area contributed by atoms with E-state index in [2.05, 4.69) is 15.0 Å². The minimum absolute atomic E-state index is 0.0267. The molecular formula is C21H20FN3O4S. The molecule has 0 aliphatic heterocycles. The van der Waals surface area contributed by atoms with Gasteiger partial charge in [-0.3, -0.25) is 14.5 Å². The molecule has 0 atom stereocenters.